The number of aliphatic hydroxyl groups excluding tert-OH is 1. The van der Waals surface area contributed by atoms with Gasteiger partial charge in [-0.1, -0.05) is 30.4 Å². The van der Waals surface area contributed by atoms with Crippen LogP contribution in [-0.2, 0) is 6.61 Å². The Kier molecular flexibility index (Phi) is 5.97. The second-order valence-corrected chi connectivity index (χ2v) is 6.98. The van der Waals surface area contributed by atoms with Crippen LogP contribution in [0.15, 0.2) is 42.5 Å². The van der Waals surface area contributed by atoms with E-state index < -0.39 is 16.6 Å². The van der Waals surface area contributed by atoms with Crippen LogP contribution in [-0.4, -0.2) is 26.8 Å². The Morgan fingerprint density at radius 3 is 2.33 bits per heavy atom. The summed E-state index contributed by atoms with van der Waals surface area (Å²) in [5, 5.41) is 30.0. The van der Waals surface area contributed by atoms with E-state index in [2.05, 4.69) is 0 Å². The summed E-state index contributed by atoms with van der Waals surface area (Å²) in [5.74, 6) is 0. The van der Waals surface area contributed by atoms with Gasteiger partial charge in [0.05, 0.1) is 17.2 Å². The van der Waals surface area contributed by atoms with Crippen molar-refractivity contribution in [3.05, 3.63) is 69.3 Å². The summed E-state index contributed by atoms with van der Waals surface area (Å²) in [6.07, 6.45) is 2.38. The molecule has 0 aliphatic heterocycles. The van der Waals surface area contributed by atoms with Gasteiger partial charge >= 0.3 is 6.09 Å². The zero-order valence-electron chi connectivity index (χ0n) is 15.4. The van der Waals surface area contributed by atoms with E-state index in [9.17, 15) is 25.1 Å². The molecule has 2 N–H and O–H groups in total. The molecule has 0 aliphatic carbocycles. The third kappa shape index (κ3) is 4.71. The normalized spacial score (nSPS) is 11.6. The van der Waals surface area contributed by atoms with Gasteiger partial charge in [-0.25, -0.2) is 4.79 Å². The maximum Gasteiger partial charge on any atom is 0.412 e. The van der Waals surface area contributed by atoms with Gasteiger partial charge in [0.2, 0.25) is 0 Å². The highest BCUT2D eigenvalue weighted by Gasteiger charge is 2.28. The van der Waals surface area contributed by atoms with E-state index in [-0.39, 0.29) is 12.3 Å². The van der Waals surface area contributed by atoms with Gasteiger partial charge in [-0.15, -0.1) is 0 Å². The molecule has 0 saturated heterocycles. The van der Waals surface area contributed by atoms with E-state index in [1.165, 1.54) is 17.0 Å². The minimum Gasteiger partial charge on any atom is -0.465 e. The molecule has 2 aromatic carbocycles. The molecule has 0 radical (unpaired) electrons. The molecule has 27 heavy (non-hydrogen) atoms. The Balaban J connectivity index is 2.47. The smallest absolute Gasteiger partial charge is 0.412 e. The zero-order chi connectivity index (χ0) is 20.2. The van der Waals surface area contributed by atoms with Crippen LogP contribution in [0.2, 0.25) is 0 Å². The van der Waals surface area contributed by atoms with Gasteiger partial charge in [-0.2, -0.15) is 0 Å². The highest BCUT2D eigenvalue weighted by molar-refractivity contribution is 5.92. The fourth-order valence-electron chi connectivity index (χ4n) is 2.77. The first kappa shape index (κ1) is 20.1. The average Bonchev–Trinajstić information content (AvgIpc) is 2.59. The van der Waals surface area contributed by atoms with Gasteiger partial charge in [-0.05, 0) is 49.6 Å². The molecule has 0 saturated carbocycles. The summed E-state index contributed by atoms with van der Waals surface area (Å²) < 4.78 is 0. The lowest BCUT2D eigenvalue weighted by Gasteiger charge is -2.34. The number of anilines is 1. The quantitative estimate of drug-likeness (QED) is 0.457. The highest BCUT2D eigenvalue weighted by atomic mass is 16.6. The molecule has 0 heterocycles. The molecule has 2 aromatic rings. The average molecular weight is 370 g/mol. The summed E-state index contributed by atoms with van der Waals surface area (Å²) in [4.78, 5) is 23.4. The first-order valence-electron chi connectivity index (χ1n) is 8.33. The third-order valence-corrected chi connectivity index (χ3v) is 3.99. The molecule has 1 amide bonds. The van der Waals surface area contributed by atoms with E-state index >= 15 is 0 Å². The maximum absolute atomic E-state index is 11.8. The molecule has 0 bridgehead atoms. The number of nitro groups is 1. The van der Waals surface area contributed by atoms with Crippen LogP contribution in [0.1, 0.15) is 37.5 Å². The second kappa shape index (κ2) is 8.01. The summed E-state index contributed by atoms with van der Waals surface area (Å²) >= 11 is 0. The molecule has 7 nitrogen and oxygen atoms in total. The predicted octanol–water partition coefficient (Wildman–Crippen LogP) is 4.54. The SMILES string of the molecule is CC(C)(C)N(C(=O)O)c1ccccc1/C=C\c1ccc([N+](=O)[O-])cc1CO. The molecular formula is C20H22N2O5. The topological polar surface area (TPSA) is 104 Å². The number of carbonyl (C=O) groups is 1. The van der Waals surface area contributed by atoms with Crippen molar-refractivity contribution in [2.75, 3.05) is 4.90 Å². The molecule has 0 spiro atoms. The van der Waals surface area contributed by atoms with Crippen molar-refractivity contribution in [3.8, 4) is 0 Å². The van der Waals surface area contributed by atoms with E-state index in [0.29, 0.717) is 22.4 Å². The van der Waals surface area contributed by atoms with Crippen LogP contribution in [0.25, 0.3) is 12.2 Å². The molecule has 7 heteroatoms. The Hall–Kier alpha value is -3.19. The van der Waals surface area contributed by atoms with E-state index in [1.54, 1.807) is 42.5 Å². The molecule has 142 valence electrons. The van der Waals surface area contributed by atoms with Crippen molar-refractivity contribution < 1.29 is 19.9 Å². The van der Waals surface area contributed by atoms with E-state index in [1.807, 2.05) is 20.8 Å². The van der Waals surface area contributed by atoms with Crippen molar-refractivity contribution in [1.82, 2.24) is 0 Å². The van der Waals surface area contributed by atoms with Crippen molar-refractivity contribution in [2.24, 2.45) is 0 Å². The number of rotatable bonds is 5. The monoisotopic (exact) mass is 370 g/mol. The highest BCUT2D eigenvalue weighted by Crippen LogP contribution is 2.29. The molecule has 0 unspecified atom stereocenters. The van der Waals surface area contributed by atoms with Crippen molar-refractivity contribution in [1.29, 1.82) is 0 Å². The van der Waals surface area contributed by atoms with Crippen LogP contribution in [0.5, 0.6) is 0 Å². The lowest BCUT2D eigenvalue weighted by molar-refractivity contribution is -0.384. The number of hydrogen-bond acceptors (Lipinski definition) is 4. The molecule has 2 rings (SSSR count). The fourth-order valence-corrected chi connectivity index (χ4v) is 2.77. The summed E-state index contributed by atoms with van der Waals surface area (Å²) in [6, 6.07) is 11.3. The Labute approximate surface area is 157 Å². The molecule has 0 aromatic heterocycles. The van der Waals surface area contributed by atoms with E-state index in [0.717, 1.165) is 0 Å². The largest absolute Gasteiger partial charge is 0.465 e. The minimum atomic E-state index is -1.06. The van der Waals surface area contributed by atoms with Gasteiger partial charge in [0.25, 0.3) is 5.69 Å². The summed E-state index contributed by atoms with van der Waals surface area (Å²) in [7, 11) is 0. The van der Waals surface area contributed by atoms with Crippen molar-refractivity contribution in [2.45, 2.75) is 32.9 Å². The van der Waals surface area contributed by atoms with Crippen LogP contribution in [0.4, 0.5) is 16.2 Å². The number of amides is 1. The zero-order valence-corrected chi connectivity index (χ0v) is 15.4. The number of carboxylic acid groups (broad SMARTS) is 1. The lowest BCUT2D eigenvalue weighted by Crippen LogP contribution is -2.45. The van der Waals surface area contributed by atoms with Gasteiger partial charge in [-0.3, -0.25) is 15.0 Å². The van der Waals surface area contributed by atoms with Crippen molar-refractivity contribution in [3.63, 3.8) is 0 Å². The van der Waals surface area contributed by atoms with Gasteiger partial charge < -0.3 is 10.2 Å². The number of non-ortho nitro benzene ring substituents is 1. The number of hydrogen-bond donors (Lipinski definition) is 2. The van der Waals surface area contributed by atoms with Gasteiger partial charge in [0, 0.05) is 17.7 Å². The number of nitro benzene ring substituents is 1. The summed E-state index contributed by atoms with van der Waals surface area (Å²) in [5.41, 5.74) is 1.51. The number of nitrogens with zero attached hydrogens (tertiary/aromatic N) is 2. The van der Waals surface area contributed by atoms with Gasteiger partial charge in [0.15, 0.2) is 0 Å². The predicted molar refractivity (Wildman–Crippen MR) is 105 cm³/mol. The molecule has 0 atom stereocenters. The Morgan fingerprint density at radius 1 is 1.15 bits per heavy atom. The summed E-state index contributed by atoms with van der Waals surface area (Å²) in [6.45, 7) is 5.08. The molecule has 0 fully saturated rings. The Morgan fingerprint density at radius 2 is 1.78 bits per heavy atom. The van der Waals surface area contributed by atoms with Crippen LogP contribution in [0, 0.1) is 10.1 Å². The first-order chi connectivity index (χ1) is 12.6. The number of benzene rings is 2. The standard InChI is InChI=1S/C20H22N2O5/c1-20(2,3)21(19(24)25)18-7-5-4-6-15(18)9-8-14-10-11-17(22(26)27)12-16(14)13-23/h4-12,23H,13H2,1-3H3,(H,24,25)/b9-8-. The van der Waals surface area contributed by atoms with Gasteiger partial charge in [0.1, 0.15) is 0 Å². The van der Waals surface area contributed by atoms with Crippen LogP contribution >= 0.6 is 0 Å². The lowest BCUT2D eigenvalue weighted by atomic mass is 10.0. The van der Waals surface area contributed by atoms with Crippen LogP contribution < -0.4 is 4.90 Å². The fraction of sp³-hybridized carbons (Fsp3) is 0.250. The number of para-hydroxylation sites is 1. The van der Waals surface area contributed by atoms with Crippen molar-refractivity contribution >= 4 is 29.6 Å². The molecule has 0 aliphatic rings. The van der Waals surface area contributed by atoms with E-state index in [4.69, 9.17) is 0 Å². The maximum atomic E-state index is 11.8. The second-order valence-electron chi connectivity index (χ2n) is 6.98. The van der Waals surface area contributed by atoms with Crippen LogP contribution in [0.3, 0.4) is 0 Å². The minimum absolute atomic E-state index is 0.0959. The molecular weight excluding hydrogens is 348 g/mol. The first-order valence-corrected chi connectivity index (χ1v) is 8.33. The number of aliphatic hydroxyl groups is 1. The third-order valence-electron chi connectivity index (χ3n) is 3.99. The Bertz CT molecular complexity index is 884.